The predicted octanol–water partition coefficient (Wildman–Crippen LogP) is 1.88. The summed E-state index contributed by atoms with van der Waals surface area (Å²) in [6.45, 7) is 7.20. The van der Waals surface area contributed by atoms with Gasteiger partial charge >= 0.3 is 0 Å². The van der Waals surface area contributed by atoms with Crippen molar-refractivity contribution in [2.24, 2.45) is 5.92 Å². The van der Waals surface area contributed by atoms with Crippen molar-refractivity contribution in [3.05, 3.63) is 35.9 Å². The Bertz CT molecular complexity index is 574. The van der Waals surface area contributed by atoms with E-state index < -0.39 is 0 Å². The molecule has 3 atom stereocenters. The van der Waals surface area contributed by atoms with E-state index in [1.165, 1.54) is 31.5 Å². The summed E-state index contributed by atoms with van der Waals surface area (Å²) in [6.07, 6.45) is 4.56. The summed E-state index contributed by atoms with van der Waals surface area (Å²) in [5.74, 6) is 0.733. The monoisotopic (exact) mass is 357 g/mol. The average molecular weight is 357 g/mol. The maximum absolute atomic E-state index is 12.2. The lowest BCUT2D eigenvalue weighted by Crippen LogP contribution is -2.35. The summed E-state index contributed by atoms with van der Waals surface area (Å²) in [5.41, 5.74) is 1.36. The molecule has 0 spiro atoms. The second kappa shape index (κ2) is 8.51. The Morgan fingerprint density at radius 3 is 2.69 bits per heavy atom. The Labute approximate surface area is 156 Å². The van der Waals surface area contributed by atoms with Crippen molar-refractivity contribution in [2.75, 3.05) is 39.3 Å². The lowest BCUT2D eigenvalue weighted by atomic mass is 10.0. The Balaban J connectivity index is 1.14. The summed E-state index contributed by atoms with van der Waals surface area (Å²) >= 11 is 0. The van der Waals surface area contributed by atoms with Crippen LogP contribution in [0.25, 0.3) is 0 Å². The summed E-state index contributed by atoms with van der Waals surface area (Å²) < 4.78 is 6.19. The van der Waals surface area contributed by atoms with E-state index in [4.69, 9.17) is 4.74 Å². The molecule has 1 aromatic rings. The van der Waals surface area contributed by atoms with Crippen LogP contribution in [-0.2, 0) is 16.1 Å². The van der Waals surface area contributed by atoms with E-state index in [0.29, 0.717) is 18.4 Å². The van der Waals surface area contributed by atoms with Crippen LogP contribution in [0.2, 0.25) is 0 Å². The van der Waals surface area contributed by atoms with Crippen LogP contribution in [-0.4, -0.2) is 67.2 Å². The van der Waals surface area contributed by atoms with Crippen molar-refractivity contribution in [3.63, 3.8) is 0 Å². The lowest BCUT2D eigenvalue weighted by Gasteiger charge is -2.19. The third kappa shape index (κ3) is 4.64. The molecule has 142 valence electrons. The highest BCUT2D eigenvalue weighted by Crippen LogP contribution is 2.34. The molecule has 4 rings (SSSR count). The van der Waals surface area contributed by atoms with Crippen molar-refractivity contribution in [1.29, 1.82) is 0 Å². The molecule has 0 radical (unpaired) electrons. The zero-order valence-corrected chi connectivity index (χ0v) is 15.6. The van der Waals surface area contributed by atoms with Gasteiger partial charge in [-0.15, -0.1) is 0 Å². The smallest absolute Gasteiger partial charge is 0.222 e. The van der Waals surface area contributed by atoms with E-state index in [9.17, 15) is 4.79 Å². The molecule has 3 fully saturated rings. The van der Waals surface area contributed by atoms with Crippen molar-refractivity contribution < 1.29 is 9.53 Å². The molecule has 0 aromatic heterocycles. The zero-order valence-electron chi connectivity index (χ0n) is 15.6. The molecule has 0 saturated carbocycles. The summed E-state index contributed by atoms with van der Waals surface area (Å²) in [5, 5.41) is 3.07. The van der Waals surface area contributed by atoms with Crippen LogP contribution < -0.4 is 5.32 Å². The first kappa shape index (κ1) is 18.0. The molecule has 1 aromatic carbocycles. The molecule has 1 amide bonds. The largest absolute Gasteiger partial charge is 0.373 e. The van der Waals surface area contributed by atoms with Gasteiger partial charge < -0.3 is 15.0 Å². The molecule has 3 aliphatic rings. The van der Waals surface area contributed by atoms with Gasteiger partial charge in [0.05, 0.1) is 18.6 Å². The van der Waals surface area contributed by atoms with Gasteiger partial charge in [0.25, 0.3) is 0 Å². The topological polar surface area (TPSA) is 44.8 Å². The quantitative estimate of drug-likeness (QED) is 0.809. The first-order valence-corrected chi connectivity index (χ1v) is 10.2. The number of hydrogen-bond donors (Lipinski definition) is 1. The second-order valence-corrected chi connectivity index (χ2v) is 8.07. The van der Waals surface area contributed by atoms with Gasteiger partial charge in [-0.05, 0) is 37.9 Å². The predicted molar refractivity (Wildman–Crippen MR) is 102 cm³/mol. The molecule has 3 aliphatic heterocycles. The van der Waals surface area contributed by atoms with Crippen LogP contribution in [0.1, 0.15) is 31.2 Å². The van der Waals surface area contributed by atoms with Crippen LogP contribution in [0.3, 0.4) is 0 Å². The van der Waals surface area contributed by atoms with E-state index in [1.807, 2.05) is 0 Å². The number of amides is 1. The SMILES string of the molecule is O=C(C[C@@H]1C[C@H]2CN(Cc3ccccc3)C[C@H]2O1)NCCN1CCCC1. The third-order valence-corrected chi connectivity index (χ3v) is 6.00. The van der Waals surface area contributed by atoms with Gasteiger partial charge in [0.1, 0.15) is 0 Å². The highest BCUT2D eigenvalue weighted by atomic mass is 16.5. The minimum absolute atomic E-state index is 0.107. The van der Waals surface area contributed by atoms with Crippen LogP contribution >= 0.6 is 0 Å². The summed E-state index contributed by atoms with van der Waals surface area (Å²) in [4.78, 5) is 17.1. The highest BCUT2D eigenvalue weighted by Gasteiger charge is 2.42. The van der Waals surface area contributed by atoms with E-state index >= 15 is 0 Å². The number of rotatable bonds is 7. The standard InChI is InChI=1S/C21H31N3O2/c25-21(22-8-11-23-9-4-5-10-23)13-19-12-18-15-24(16-20(18)26-19)14-17-6-2-1-3-7-17/h1-3,6-7,18-20H,4-5,8-16H2,(H,22,25)/t18-,19-,20+/m0/s1. The van der Waals surface area contributed by atoms with Gasteiger partial charge in [0.2, 0.25) is 5.91 Å². The number of nitrogens with one attached hydrogen (secondary N) is 1. The molecule has 0 bridgehead atoms. The number of benzene rings is 1. The van der Waals surface area contributed by atoms with Crippen molar-refractivity contribution in [2.45, 2.75) is 44.4 Å². The zero-order chi connectivity index (χ0) is 17.8. The van der Waals surface area contributed by atoms with E-state index in [-0.39, 0.29) is 12.0 Å². The molecule has 5 heteroatoms. The molecule has 3 heterocycles. The highest BCUT2D eigenvalue weighted by molar-refractivity contribution is 5.76. The number of carbonyl (C=O) groups excluding carboxylic acids is 1. The Kier molecular flexibility index (Phi) is 5.88. The van der Waals surface area contributed by atoms with E-state index in [0.717, 1.165) is 39.1 Å². The number of nitrogens with zero attached hydrogens (tertiary/aromatic N) is 2. The van der Waals surface area contributed by atoms with E-state index in [2.05, 4.69) is 45.4 Å². The van der Waals surface area contributed by atoms with Gasteiger partial charge in [0.15, 0.2) is 0 Å². The summed E-state index contributed by atoms with van der Waals surface area (Å²) in [7, 11) is 0. The average Bonchev–Trinajstić information content (AvgIpc) is 3.33. The fourth-order valence-corrected chi connectivity index (χ4v) is 4.69. The number of likely N-dealkylation sites (tertiary alicyclic amines) is 2. The summed E-state index contributed by atoms with van der Waals surface area (Å²) in [6, 6.07) is 10.6. The number of ether oxygens (including phenoxy) is 1. The van der Waals surface area contributed by atoms with Crippen LogP contribution in [0, 0.1) is 5.92 Å². The first-order valence-electron chi connectivity index (χ1n) is 10.2. The molecule has 3 saturated heterocycles. The Morgan fingerprint density at radius 2 is 1.92 bits per heavy atom. The second-order valence-electron chi connectivity index (χ2n) is 8.07. The number of carbonyl (C=O) groups is 1. The lowest BCUT2D eigenvalue weighted by molar-refractivity contribution is -0.123. The molecule has 0 unspecified atom stereocenters. The Hall–Kier alpha value is -1.43. The van der Waals surface area contributed by atoms with Gasteiger partial charge in [-0.25, -0.2) is 0 Å². The van der Waals surface area contributed by atoms with Crippen LogP contribution in [0.4, 0.5) is 0 Å². The molecule has 26 heavy (non-hydrogen) atoms. The van der Waals surface area contributed by atoms with Crippen molar-refractivity contribution >= 4 is 5.91 Å². The van der Waals surface area contributed by atoms with Crippen LogP contribution in [0.15, 0.2) is 30.3 Å². The van der Waals surface area contributed by atoms with Gasteiger partial charge in [-0.1, -0.05) is 30.3 Å². The molecule has 5 nitrogen and oxygen atoms in total. The first-order chi connectivity index (χ1) is 12.8. The minimum Gasteiger partial charge on any atom is -0.373 e. The minimum atomic E-state index is 0.107. The molecular weight excluding hydrogens is 326 g/mol. The fraction of sp³-hybridized carbons (Fsp3) is 0.667. The van der Waals surface area contributed by atoms with Gasteiger partial charge in [-0.3, -0.25) is 9.69 Å². The van der Waals surface area contributed by atoms with Crippen molar-refractivity contribution in [3.8, 4) is 0 Å². The van der Waals surface area contributed by atoms with E-state index in [1.54, 1.807) is 0 Å². The normalized spacial score (nSPS) is 29.2. The van der Waals surface area contributed by atoms with Crippen molar-refractivity contribution in [1.82, 2.24) is 15.1 Å². The molecule has 1 N–H and O–H groups in total. The molecular formula is C21H31N3O2. The van der Waals surface area contributed by atoms with Crippen LogP contribution in [0.5, 0.6) is 0 Å². The van der Waals surface area contributed by atoms with Gasteiger partial charge in [0, 0.05) is 38.6 Å². The molecule has 0 aliphatic carbocycles. The Morgan fingerprint density at radius 1 is 1.12 bits per heavy atom. The van der Waals surface area contributed by atoms with Gasteiger partial charge in [-0.2, -0.15) is 0 Å². The third-order valence-electron chi connectivity index (χ3n) is 6.00. The maximum Gasteiger partial charge on any atom is 0.222 e. The number of fused-ring (bicyclic) bond motifs is 1. The maximum atomic E-state index is 12.2. The number of hydrogen-bond acceptors (Lipinski definition) is 4. The fourth-order valence-electron chi connectivity index (χ4n) is 4.69.